The number of thioether (sulfide) groups is 1. The molecule has 1 atom stereocenters. The highest BCUT2D eigenvalue weighted by Crippen LogP contribution is 2.32. The summed E-state index contributed by atoms with van der Waals surface area (Å²) in [5.74, 6) is -0.399. The molecular formula is C10H13NO4S. The number of ether oxygens (including phenoxy) is 1. The van der Waals surface area contributed by atoms with Crippen LogP contribution in [0.5, 0.6) is 0 Å². The predicted octanol–water partition coefficient (Wildman–Crippen LogP) is 1.98. The first-order chi connectivity index (χ1) is 7.49. The number of nitrogens with zero attached hydrogens (tertiary/aromatic N) is 1. The van der Waals surface area contributed by atoms with Crippen LogP contribution < -0.4 is 0 Å². The quantitative estimate of drug-likeness (QED) is 0.327. The summed E-state index contributed by atoms with van der Waals surface area (Å²) in [4.78, 5) is 21.7. The van der Waals surface area contributed by atoms with Crippen molar-refractivity contribution in [2.75, 3.05) is 12.9 Å². The molecule has 5 nitrogen and oxygen atoms in total. The summed E-state index contributed by atoms with van der Waals surface area (Å²) in [5.41, 5.74) is -0.943. The van der Waals surface area contributed by atoms with Crippen LogP contribution >= 0.6 is 11.8 Å². The summed E-state index contributed by atoms with van der Waals surface area (Å²) in [7, 11) is 0. The van der Waals surface area contributed by atoms with Crippen molar-refractivity contribution in [3.8, 4) is 0 Å². The number of hydrogen-bond donors (Lipinski definition) is 0. The van der Waals surface area contributed by atoms with Crippen LogP contribution in [0.25, 0.3) is 0 Å². The lowest BCUT2D eigenvalue weighted by molar-refractivity contribution is -0.419. The molecule has 0 aromatic carbocycles. The van der Waals surface area contributed by atoms with Crippen molar-refractivity contribution in [2.24, 2.45) is 5.41 Å². The molecule has 1 aliphatic heterocycles. The molecular weight excluding hydrogens is 230 g/mol. The second-order valence-electron chi connectivity index (χ2n) is 3.67. The second-order valence-corrected chi connectivity index (χ2v) is 4.41. The number of carbonyl (C=O) groups excluding carboxylic acids is 1. The maximum Gasteiger partial charge on any atom is 0.316 e. The molecule has 0 N–H and O–H groups in total. The SMILES string of the molecule is CS/C=C\C(=C/C1(C)CCOC1=O)[N+](=O)[O-]. The van der Waals surface area contributed by atoms with Gasteiger partial charge in [0.05, 0.1) is 16.9 Å². The largest absolute Gasteiger partial charge is 0.465 e. The minimum atomic E-state index is -0.870. The number of nitro groups is 1. The highest BCUT2D eigenvalue weighted by Gasteiger charge is 2.39. The molecule has 0 spiro atoms. The highest BCUT2D eigenvalue weighted by molar-refractivity contribution is 8.01. The first kappa shape index (κ1) is 12.8. The van der Waals surface area contributed by atoms with Crippen LogP contribution in [0.15, 0.2) is 23.3 Å². The molecule has 0 radical (unpaired) electrons. The Morgan fingerprint density at radius 2 is 2.38 bits per heavy atom. The zero-order valence-corrected chi connectivity index (χ0v) is 9.95. The molecule has 6 heteroatoms. The van der Waals surface area contributed by atoms with Crippen molar-refractivity contribution in [3.05, 3.63) is 33.4 Å². The molecule has 0 aromatic rings. The Bertz CT molecular complexity index is 364. The van der Waals surface area contributed by atoms with Crippen molar-refractivity contribution in [2.45, 2.75) is 13.3 Å². The van der Waals surface area contributed by atoms with Gasteiger partial charge in [-0.25, -0.2) is 0 Å². The molecule has 1 heterocycles. The van der Waals surface area contributed by atoms with E-state index in [0.29, 0.717) is 13.0 Å². The first-order valence-corrected chi connectivity index (χ1v) is 6.02. The van der Waals surface area contributed by atoms with E-state index < -0.39 is 16.3 Å². The Morgan fingerprint density at radius 3 is 2.81 bits per heavy atom. The Morgan fingerprint density at radius 1 is 1.69 bits per heavy atom. The summed E-state index contributed by atoms with van der Waals surface area (Å²) >= 11 is 1.36. The molecule has 1 saturated heterocycles. The third-order valence-electron chi connectivity index (χ3n) is 2.37. The summed E-state index contributed by atoms with van der Waals surface area (Å²) in [6.45, 7) is 1.97. The Balaban J connectivity index is 2.97. The summed E-state index contributed by atoms with van der Waals surface area (Å²) in [6, 6.07) is 0. The van der Waals surface area contributed by atoms with Crippen LogP contribution in [0.1, 0.15) is 13.3 Å². The van der Waals surface area contributed by atoms with Gasteiger partial charge in [0.25, 0.3) is 5.70 Å². The van der Waals surface area contributed by atoms with Gasteiger partial charge in [0.15, 0.2) is 0 Å². The number of esters is 1. The average Bonchev–Trinajstić information content (AvgIpc) is 2.54. The average molecular weight is 243 g/mol. The maximum absolute atomic E-state index is 11.4. The molecule has 0 bridgehead atoms. The molecule has 0 aliphatic carbocycles. The van der Waals surface area contributed by atoms with Crippen LogP contribution in [0.4, 0.5) is 0 Å². The monoisotopic (exact) mass is 243 g/mol. The zero-order chi connectivity index (χ0) is 12.2. The lowest BCUT2D eigenvalue weighted by atomic mass is 9.88. The normalized spacial score (nSPS) is 26.1. The fraction of sp³-hybridized carbons (Fsp3) is 0.500. The molecule has 0 amide bonds. The van der Waals surface area contributed by atoms with Crippen molar-refractivity contribution in [1.82, 2.24) is 0 Å². The van der Waals surface area contributed by atoms with Gasteiger partial charge in [-0.2, -0.15) is 0 Å². The summed E-state index contributed by atoms with van der Waals surface area (Å²) < 4.78 is 4.82. The molecule has 16 heavy (non-hydrogen) atoms. The third-order valence-corrected chi connectivity index (χ3v) is 2.78. The maximum atomic E-state index is 11.4. The van der Waals surface area contributed by atoms with Crippen LogP contribution in [0, 0.1) is 15.5 Å². The Kier molecular flexibility index (Phi) is 4.12. The first-order valence-electron chi connectivity index (χ1n) is 4.73. The van der Waals surface area contributed by atoms with E-state index in [4.69, 9.17) is 4.74 Å². The van der Waals surface area contributed by atoms with Gasteiger partial charge in [0, 0.05) is 18.6 Å². The van der Waals surface area contributed by atoms with E-state index in [1.54, 1.807) is 18.6 Å². The molecule has 0 saturated carbocycles. The third kappa shape index (κ3) is 2.85. The van der Waals surface area contributed by atoms with Gasteiger partial charge in [-0.05, 0) is 18.6 Å². The number of allylic oxidation sites excluding steroid dienone is 1. The Hall–Kier alpha value is -1.30. The lowest BCUT2D eigenvalue weighted by Crippen LogP contribution is -2.20. The fourth-order valence-corrected chi connectivity index (χ4v) is 1.66. The number of carbonyl (C=O) groups is 1. The van der Waals surface area contributed by atoms with E-state index in [0.717, 1.165) is 0 Å². The lowest BCUT2D eigenvalue weighted by Gasteiger charge is -2.11. The van der Waals surface area contributed by atoms with E-state index in [9.17, 15) is 14.9 Å². The van der Waals surface area contributed by atoms with Crippen molar-refractivity contribution < 1.29 is 14.5 Å². The van der Waals surface area contributed by atoms with Crippen LogP contribution in [0.2, 0.25) is 0 Å². The van der Waals surface area contributed by atoms with E-state index >= 15 is 0 Å². The molecule has 1 fully saturated rings. The smallest absolute Gasteiger partial charge is 0.316 e. The summed E-state index contributed by atoms with van der Waals surface area (Å²) in [6.07, 6.45) is 5.05. The van der Waals surface area contributed by atoms with Crippen LogP contribution in [-0.2, 0) is 9.53 Å². The van der Waals surface area contributed by atoms with Gasteiger partial charge in [-0.15, -0.1) is 11.8 Å². The van der Waals surface area contributed by atoms with E-state index in [1.165, 1.54) is 23.9 Å². The topological polar surface area (TPSA) is 69.4 Å². The number of hydrogen-bond acceptors (Lipinski definition) is 5. The van der Waals surface area contributed by atoms with Crippen molar-refractivity contribution in [1.29, 1.82) is 0 Å². The van der Waals surface area contributed by atoms with Gasteiger partial charge in [-0.1, -0.05) is 0 Å². The van der Waals surface area contributed by atoms with Gasteiger partial charge in [-0.3, -0.25) is 14.9 Å². The van der Waals surface area contributed by atoms with Gasteiger partial charge >= 0.3 is 5.97 Å². The van der Waals surface area contributed by atoms with E-state index in [-0.39, 0.29) is 5.70 Å². The molecule has 0 aromatic heterocycles. The van der Waals surface area contributed by atoms with Crippen molar-refractivity contribution in [3.63, 3.8) is 0 Å². The standard InChI is InChI=1S/C10H13NO4S/c1-10(4-5-15-9(10)12)7-8(11(13)14)3-6-16-2/h3,6-7H,4-5H2,1-2H3/b6-3-,8-7+. The zero-order valence-electron chi connectivity index (χ0n) is 9.13. The highest BCUT2D eigenvalue weighted by atomic mass is 32.2. The van der Waals surface area contributed by atoms with Crippen LogP contribution in [0.3, 0.4) is 0 Å². The number of rotatable bonds is 4. The minimum absolute atomic E-state index is 0.0734. The molecule has 1 aliphatic rings. The predicted molar refractivity (Wildman–Crippen MR) is 61.4 cm³/mol. The van der Waals surface area contributed by atoms with E-state index in [1.807, 2.05) is 0 Å². The fourth-order valence-electron chi connectivity index (χ4n) is 1.38. The van der Waals surface area contributed by atoms with Crippen molar-refractivity contribution >= 4 is 17.7 Å². The van der Waals surface area contributed by atoms with Gasteiger partial charge < -0.3 is 4.74 Å². The number of cyclic esters (lactones) is 1. The summed E-state index contributed by atoms with van der Waals surface area (Å²) in [5, 5.41) is 12.4. The molecule has 88 valence electrons. The van der Waals surface area contributed by atoms with E-state index in [2.05, 4.69) is 0 Å². The molecule has 1 unspecified atom stereocenters. The van der Waals surface area contributed by atoms with Gasteiger partial charge in [0.2, 0.25) is 0 Å². The second kappa shape index (κ2) is 5.16. The molecule has 1 rings (SSSR count). The Labute approximate surface area is 97.7 Å². The van der Waals surface area contributed by atoms with Crippen LogP contribution in [-0.4, -0.2) is 23.8 Å². The van der Waals surface area contributed by atoms with Gasteiger partial charge in [0.1, 0.15) is 0 Å². The minimum Gasteiger partial charge on any atom is -0.465 e.